The van der Waals surface area contributed by atoms with Crippen LogP contribution in [0.2, 0.25) is 0 Å². The molecule has 2 aliphatic rings. The van der Waals surface area contributed by atoms with E-state index in [4.69, 9.17) is 9.47 Å². The molecule has 0 spiro atoms. The van der Waals surface area contributed by atoms with E-state index in [2.05, 4.69) is 15.0 Å². The molecule has 30 heavy (non-hydrogen) atoms. The van der Waals surface area contributed by atoms with Crippen LogP contribution in [0.15, 0.2) is 35.4 Å². The number of methoxy groups -OCH3 is 1. The fourth-order valence-corrected chi connectivity index (χ4v) is 5.32. The Bertz CT molecular complexity index is 960. The summed E-state index contributed by atoms with van der Waals surface area (Å²) in [5.41, 5.74) is 1.05. The Kier molecular flexibility index (Phi) is 6.37. The van der Waals surface area contributed by atoms with Crippen molar-refractivity contribution < 1.29 is 23.0 Å². The number of nitrogens with one attached hydrogen (secondary N) is 1. The van der Waals surface area contributed by atoms with Gasteiger partial charge < -0.3 is 14.6 Å². The SMILES string of the molecule is COc1ccccc1S(=O)(=O)N[C@H]1CC[C@@H](CCn2cc(C3CC3)nn2)O[C@@H]1CO. The highest BCUT2D eigenvalue weighted by molar-refractivity contribution is 7.89. The van der Waals surface area contributed by atoms with Gasteiger partial charge in [0.05, 0.1) is 37.7 Å². The van der Waals surface area contributed by atoms with Gasteiger partial charge in [-0.2, -0.15) is 0 Å². The molecule has 1 saturated carbocycles. The number of para-hydroxylation sites is 1. The highest BCUT2D eigenvalue weighted by atomic mass is 32.2. The van der Waals surface area contributed by atoms with Gasteiger partial charge in [-0.05, 0) is 44.2 Å². The van der Waals surface area contributed by atoms with Crippen molar-refractivity contribution in [1.29, 1.82) is 0 Å². The van der Waals surface area contributed by atoms with Crippen LogP contribution in [0.3, 0.4) is 0 Å². The number of hydrogen-bond donors (Lipinski definition) is 2. The molecular weight excluding hydrogens is 408 g/mol. The summed E-state index contributed by atoms with van der Waals surface area (Å²) in [4.78, 5) is 0.0731. The molecule has 0 unspecified atom stereocenters. The Labute approximate surface area is 176 Å². The van der Waals surface area contributed by atoms with Crippen molar-refractivity contribution in [3.8, 4) is 5.75 Å². The van der Waals surface area contributed by atoms with E-state index >= 15 is 0 Å². The van der Waals surface area contributed by atoms with E-state index in [0.29, 0.717) is 25.3 Å². The summed E-state index contributed by atoms with van der Waals surface area (Å²) in [5, 5.41) is 18.2. The van der Waals surface area contributed by atoms with E-state index in [-0.39, 0.29) is 23.4 Å². The van der Waals surface area contributed by atoms with E-state index in [9.17, 15) is 13.5 Å². The Balaban J connectivity index is 1.34. The first-order chi connectivity index (χ1) is 14.5. The van der Waals surface area contributed by atoms with Crippen LogP contribution < -0.4 is 9.46 Å². The Morgan fingerprint density at radius 3 is 2.80 bits per heavy atom. The third kappa shape index (κ3) is 4.83. The first-order valence-electron chi connectivity index (χ1n) is 10.3. The van der Waals surface area contributed by atoms with Crippen LogP contribution in [0.4, 0.5) is 0 Å². The number of rotatable bonds is 9. The summed E-state index contributed by atoms with van der Waals surface area (Å²) in [6.45, 7) is 0.422. The fourth-order valence-electron chi connectivity index (χ4n) is 3.85. The lowest BCUT2D eigenvalue weighted by Gasteiger charge is -2.36. The molecule has 1 aliphatic carbocycles. The third-order valence-electron chi connectivity index (χ3n) is 5.69. The number of hydrogen-bond acceptors (Lipinski definition) is 7. The van der Waals surface area contributed by atoms with E-state index in [0.717, 1.165) is 12.1 Å². The minimum atomic E-state index is -3.81. The van der Waals surface area contributed by atoms with Crippen LogP contribution in [0.5, 0.6) is 5.75 Å². The molecule has 2 aromatic rings. The number of nitrogens with zero attached hydrogens (tertiary/aromatic N) is 3. The van der Waals surface area contributed by atoms with Gasteiger partial charge in [-0.1, -0.05) is 17.3 Å². The molecule has 2 fully saturated rings. The molecule has 2 heterocycles. The summed E-state index contributed by atoms with van der Waals surface area (Å²) in [7, 11) is -2.37. The van der Waals surface area contributed by atoms with Crippen LogP contribution >= 0.6 is 0 Å². The predicted octanol–water partition coefficient (Wildman–Crippen LogP) is 1.44. The van der Waals surface area contributed by atoms with Crippen LogP contribution in [0, 0.1) is 0 Å². The van der Waals surface area contributed by atoms with Gasteiger partial charge in [0.15, 0.2) is 0 Å². The minimum Gasteiger partial charge on any atom is -0.495 e. The molecule has 0 amide bonds. The van der Waals surface area contributed by atoms with Gasteiger partial charge in [-0.25, -0.2) is 13.1 Å². The van der Waals surface area contributed by atoms with Gasteiger partial charge in [-0.15, -0.1) is 5.10 Å². The zero-order chi connectivity index (χ0) is 21.1. The molecule has 1 aromatic heterocycles. The number of benzene rings is 1. The van der Waals surface area contributed by atoms with E-state index in [1.165, 1.54) is 26.0 Å². The monoisotopic (exact) mass is 436 g/mol. The predicted molar refractivity (Wildman–Crippen MR) is 109 cm³/mol. The van der Waals surface area contributed by atoms with Crippen LogP contribution in [-0.2, 0) is 21.3 Å². The van der Waals surface area contributed by atoms with Crippen molar-refractivity contribution >= 4 is 10.0 Å². The number of aryl methyl sites for hydroxylation is 1. The zero-order valence-corrected chi connectivity index (χ0v) is 17.8. The molecule has 4 rings (SSSR count). The lowest BCUT2D eigenvalue weighted by molar-refractivity contribution is -0.0891. The summed E-state index contributed by atoms with van der Waals surface area (Å²) < 4.78 is 41.4. The highest BCUT2D eigenvalue weighted by Gasteiger charge is 2.34. The van der Waals surface area contributed by atoms with Crippen LogP contribution in [0.1, 0.15) is 43.7 Å². The van der Waals surface area contributed by atoms with Crippen molar-refractivity contribution in [1.82, 2.24) is 19.7 Å². The second-order valence-corrected chi connectivity index (χ2v) is 9.59. The summed E-state index contributed by atoms with van der Waals surface area (Å²) in [6, 6.07) is 5.95. The maximum absolute atomic E-state index is 12.8. The van der Waals surface area contributed by atoms with E-state index in [1.54, 1.807) is 18.2 Å². The van der Waals surface area contributed by atoms with Crippen molar-refractivity contribution in [2.24, 2.45) is 0 Å². The van der Waals surface area contributed by atoms with Gasteiger partial charge >= 0.3 is 0 Å². The maximum Gasteiger partial charge on any atom is 0.244 e. The molecule has 9 nitrogen and oxygen atoms in total. The summed E-state index contributed by atoms with van der Waals surface area (Å²) >= 11 is 0. The Hall–Kier alpha value is -2.01. The standard InChI is InChI=1S/C20H28N4O5S/c1-28-18-4-2-3-5-20(18)30(26,27)22-16-9-8-15(29-19(16)13-25)10-11-24-12-17(21-23-24)14-6-7-14/h2-5,12,14-16,19,22,25H,6-11,13H2,1H3/t15-,16-,19+/m0/s1. The highest BCUT2D eigenvalue weighted by Crippen LogP contribution is 2.38. The average molecular weight is 437 g/mol. The van der Waals surface area contributed by atoms with E-state index in [1.807, 2.05) is 10.9 Å². The average Bonchev–Trinajstić information content (AvgIpc) is 3.50. The van der Waals surface area contributed by atoms with Crippen molar-refractivity contribution in [2.45, 2.75) is 67.7 Å². The van der Waals surface area contributed by atoms with Crippen LogP contribution in [-0.4, -0.2) is 60.5 Å². The molecule has 10 heteroatoms. The van der Waals surface area contributed by atoms with Crippen LogP contribution in [0.25, 0.3) is 0 Å². The largest absolute Gasteiger partial charge is 0.495 e. The van der Waals surface area contributed by atoms with Gasteiger partial charge in [0.2, 0.25) is 10.0 Å². The topological polar surface area (TPSA) is 116 Å². The van der Waals surface area contributed by atoms with Gasteiger partial charge in [0, 0.05) is 18.7 Å². The molecule has 3 atom stereocenters. The molecule has 164 valence electrons. The molecule has 1 saturated heterocycles. The second-order valence-electron chi connectivity index (χ2n) is 7.90. The minimum absolute atomic E-state index is 0.0669. The number of aliphatic hydroxyl groups excluding tert-OH is 1. The zero-order valence-electron chi connectivity index (χ0n) is 17.0. The molecule has 0 bridgehead atoms. The number of sulfonamides is 1. The normalized spacial score (nSPS) is 24.7. The van der Waals surface area contributed by atoms with Gasteiger partial charge in [-0.3, -0.25) is 4.68 Å². The molecular formula is C20H28N4O5S. The quantitative estimate of drug-likeness (QED) is 0.611. The number of aliphatic hydroxyl groups is 1. The first kappa shape index (κ1) is 21.2. The van der Waals surface area contributed by atoms with Gasteiger partial charge in [0.1, 0.15) is 10.6 Å². The van der Waals surface area contributed by atoms with Crippen molar-refractivity contribution in [3.05, 3.63) is 36.2 Å². The smallest absolute Gasteiger partial charge is 0.244 e. The third-order valence-corrected chi connectivity index (χ3v) is 7.22. The molecule has 2 N–H and O–H groups in total. The van der Waals surface area contributed by atoms with Crippen molar-refractivity contribution in [2.75, 3.05) is 13.7 Å². The van der Waals surface area contributed by atoms with E-state index < -0.39 is 22.2 Å². The Morgan fingerprint density at radius 2 is 2.07 bits per heavy atom. The Morgan fingerprint density at radius 1 is 1.27 bits per heavy atom. The lowest BCUT2D eigenvalue weighted by Crippen LogP contribution is -2.51. The lowest BCUT2D eigenvalue weighted by atomic mass is 9.98. The molecule has 1 aliphatic heterocycles. The first-order valence-corrected chi connectivity index (χ1v) is 11.8. The molecule has 0 radical (unpaired) electrons. The number of aromatic nitrogens is 3. The van der Waals surface area contributed by atoms with Gasteiger partial charge in [0.25, 0.3) is 0 Å². The summed E-state index contributed by atoms with van der Waals surface area (Å²) in [6.07, 6.45) is 5.70. The van der Waals surface area contributed by atoms with Crippen molar-refractivity contribution in [3.63, 3.8) is 0 Å². The number of ether oxygens (including phenoxy) is 2. The maximum atomic E-state index is 12.8. The summed E-state index contributed by atoms with van der Waals surface area (Å²) in [5.74, 6) is 0.846. The molecule has 1 aromatic carbocycles. The second kappa shape index (κ2) is 9.01. The fraction of sp³-hybridized carbons (Fsp3) is 0.600.